The number of rotatable bonds is 4. The molecule has 0 aliphatic rings. The first-order valence-electron chi connectivity index (χ1n) is 6.05. The molecule has 0 unspecified atom stereocenters. The Labute approximate surface area is 127 Å². The Kier molecular flexibility index (Phi) is 4.80. The van der Waals surface area contributed by atoms with E-state index in [9.17, 15) is 8.42 Å². The first-order valence-corrected chi connectivity index (χ1v) is 8.37. The van der Waals surface area contributed by atoms with Gasteiger partial charge in [0.1, 0.15) is 6.61 Å². The van der Waals surface area contributed by atoms with Gasteiger partial charge in [-0.3, -0.25) is 0 Å². The minimum absolute atomic E-state index is 0.0306. The fourth-order valence-electron chi connectivity index (χ4n) is 1.67. The predicted molar refractivity (Wildman–Crippen MR) is 80.1 cm³/mol. The number of aliphatic hydroxyl groups excluding tert-OH is 1. The van der Waals surface area contributed by atoms with Gasteiger partial charge in [0, 0.05) is 26.8 Å². The van der Waals surface area contributed by atoms with E-state index in [0.717, 1.165) is 10.4 Å². The van der Waals surface area contributed by atoms with Gasteiger partial charge in [-0.2, -0.15) is 4.31 Å². The molecule has 2 aromatic heterocycles. The van der Waals surface area contributed by atoms with E-state index in [-0.39, 0.29) is 18.2 Å². The molecule has 0 spiro atoms. The maximum Gasteiger partial charge on any atom is 0.262 e. The van der Waals surface area contributed by atoms with Gasteiger partial charge in [-0.1, -0.05) is 11.8 Å². The van der Waals surface area contributed by atoms with Crippen molar-refractivity contribution in [1.29, 1.82) is 0 Å². The molecule has 2 rings (SSSR count). The second-order valence-corrected chi connectivity index (χ2v) is 7.32. The van der Waals surface area contributed by atoms with Crippen LogP contribution in [0.4, 0.5) is 0 Å². The topological polar surface area (TPSA) is 75.4 Å². The van der Waals surface area contributed by atoms with Crippen molar-refractivity contribution in [2.45, 2.75) is 11.6 Å². The summed E-state index contributed by atoms with van der Waals surface area (Å²) in [4.78, 5) is 4.68. The lowest BCUT2D eigenvalue weighted by Gasteiger charge is -2.14. The average molecular weight is 325 g/mol. The third-order valence-corrected chi connectivity index (χ3v) is 5.29. The molecule has 112 valence electrons. The highest BCUT2D eigenvalue weighted by atomic mass is 32.2. The monoisotopic (exact) mass is 325 g/mol. The Hall–Kier alpha value is -1.66. The summed E-state index contributed by atoms with van der Waals surface area (Å²) in [6, 6.07) is 1.82. The molecule has 0 aliphatic heterocycles. The maximum absolute atomic E-state index is 12.3. The lowest BCUT2D eigenvalue weighted by atomic mass is 10.3. The molecule has 0 fully saturated rings. The van der Waals surface area contributed by atoms with Crippen molar-refractivity contribution in [2.24, 2.45) is 7.05 Å². The number of hydrogen-bond donors (Lipinski definition) is 1. The number of aliphatic hydroxyl groups is 1. The van der Waals surface area contributed by atoms with Crippen molar-refractivity contribution < 1.29 is 13.5 Å². The van der Waals surface area contributed by atoms with Crippen molar-refractivity contribution in [3.05, 3.63) is 34.4 Å². The molecule has 0 radical (unpaired) electrons. The Bertz CT molecular complexity index is 781. The zero-order chi connectivity index (χ0) is 15.5. The molecule has 21 heavy (non-hydrogen) atoms. The fourth-order valence-corrected chi connectivity index (χ4v) is 3.56. The molecule has 0 saturated heterocycles. The summed E-state index contributed by atoms with van der Waals surface area (Å²) in [7, 11) is -0.360. The first-order chi connectivity index (χ1) is 9.93. The van der Waals surface area contributed by atoms with E-state index in [4.69, 9.17) is 5.11 Å². The molecule has 0 aromatic carbocycles. The fraction of sp³-hybridized carbons (Fsp3) is 0.308. The number of sulfonamides is 1. The van der Waals surface area contributed by atoms with Gasteiger partial charge < -0.3 is 9.67 Å². The molecule has 0 aliphatic carbocycles. The summed E-state index contributed by atoms with van der Waals surface area (Å²) in [6.07, 6.45) is 2.92. The molecular formula is C13H15N3O3S2. The summed E-state index contributed by atoms with van der Waals surface area (Å²) >= 11 is 1.42. The zero-order valence-corrected chi connectivity index (χ0v) is 13.3. The summed E-state index contributed by atoms with van der Waals surface area (Å²) in [5, 5.41) is 10.5. The average Bonchev–Trinajstić information content (AvgIpc) is 3.05. The highest BCUT2D eigenvalue weighted by molar-refractivity contribution is 7.89. The van der Waals surface area contributed by atoms with Crippen LogP contribution in [-0.2, 0) is 23.6 Å². The van der Waals surface area contributed by atoms with Crippen LogP contribution in [0.5, 0.6) is 0 Å². The summed E-state index contributed by atoms with van der Waals surface area (Å²) in [6.45, 7) is 0.0530. The van der Waals surface area contributed by atoms with E-state index in [0.29, 0.717) is 0 Å². The quantitative estimate of drug-likeness (QED) is 0.838. The smallest absolute Gasteiger partial charge is 0.262 e. The Balaban J connectivity index is 2.14. The van der Waals surface area contributed by atoms with Gasteiger partial charge >= 0.3 is 0 Å². The maximum atomic E-state index is 12.3. The molecule has 6 nitrogen and oxygen atoms in total. The van der Waals surface area contributed by atoms with Crippen molar-refractivity contribution in [1.82, 2.24) is 13.9 Å². The molecule has 8 heteroatoms. The molecule has 2 aromatic rings. The van der Waals surface area contributed by atoms with Gasteiger partial charge in [0.05, 0.1) is 11.2 Å². The van der Waals surface area contributed by atoms with Crippen LogP contribution < -0.4 is 0 Å². The molecular weight excluding hydrogens is 310 g/mol. The van der Waals surface area contributed by atoms with Gasteiger partial charge in [-0.05, 0) is 17.0 Å². The van der Waals surface area contributed by atoms with Crippen LogP contribution in [0.1, 0.15) is 10.4 Å². The van der Waals surface area contributed by atoms with E-state index in [1.54, 1.807) is 11.6 Å². The Morgan fingerprint density at radius 2 is 2.29 bits per heavy atom. The second kappa shape index (κ2) is 6.41. The Morgan fingerprint density at radius 1 is 1.52 bits per heavy atom. The minimum Gasteiger partial charge on any atom is -0.384 e. The molecule has 0 bridgehead atoms. The highest BCUT2D eigenvalue weighted by Crippen LogP contribution is 2.18. The standard InChI is InChI=1S/C13H15N3O3S2/c1-15-8-13(14-10-15)21(18,19)16(2)7-11-6-12(20-9-11)4-3-5-17/h6,8-10,17H,5,7H2,1-2H3. The summed E-state index contributed by atoms with van der Waals surface area (Å²) in [5.41, 5.74) is 0.851. The normalized spacial score (nSPS) is 11.4. The van der Waals surface area contributed by atoms with Crippen LogP contribution >= 0.6 is 11.3 Å². The van der Waals surface area contributed by atoms with E-state index in [1.807, 2.05) is 11.4 Å². The van der Waals surface area contributed by atoms with Gasteiger partial charge in [-0.25, -0.2) is 13.4 Å². The second-order valence-electron chi connectivity index (χ2n) is 4.42. The zero-order valence-electron chi connectivity index (χ0n) is 11.6. The summed E-state index contributed by atoms with van der Waals surface area (Å²) in [5.74, 6) is 5.36. The van der Waals surface area contributed by atoms with E-state index in [2.05, 4.69) is 16.8 Å². The van der Waals surface area contributed by atoms with Gasteiger partial charge in [0.25, 0.3) is 10.0 Å². The van der Waals surface area contributed by atoms with Gasteiger partial charge in [-0.15, -0.1) is 11.3 Å². The van der Waals surface area contributed by atoms with E-state index >= 15 is 0 Å². The number of nitrogens with zero attached hydrogens (tertiary/aromatic N) is 3. The molecule has 0 amide bonds. The first kappa shape index (κ1) is 15.7. The van der Waals surface area contributed by atoms with Crippen molar-refractivity contribution in [3.63, 3.8) is 0 Å². The third kappa shape index (κ3) is 3.71. The summed E-state index contributed by atoms with van der Waals surface area (Å²) < 4.78 is 27.5. The van der Waals surface area contributed by atoms with Crippen molar-refractivity contribution >= 4 is 21.4 Å². The molecule has 1 N–H and O–H groups in total. The molecule has 2 heterocycles. The number of imidazole rings is 1. The number of hydrogen-bond acceptors (Lipinski definition) is 5. The van der Waals surface area contributed by atoms with Crippen LogP contribution in [0.3, 0.4) is 0 Å². The predicted octanol–water partition coefficient (Wildman–Crippen LogP) is 0.646. The van der Waals surface area contributed by atoms with E-state index < -0.39 is 10.0 Å². The third-order valence-electron chi connectivity index (χ3n) is 2.71. The van der Waals surface area contributed by atoms with Crippen molar-refractivity contribution in [2.75, 3.05) is 13.7 Å². The van der Waals surface area contributed by atoms with Crippen LogP contribution in [-0.4, -0.2) is 41.0 Å². The van der Waals surface area contributed by atoms with Crippen LogP contribution in [0.2, 0.25) is 0 Å². The van der Waals surface area contributed by atoms with Crippen LogP contribution in [0.15, 0.2) is 29.0 Å². The molecule has 0 saturated carbocycles. The van der Waals surface area contributed by atoms with Gasteiger partial charge in [0.15, 0.2) is 5.03 Å². The minimum atomic E-state index is -3.59. The largest absolute Gasteiger partial charge is 0.384 e. The molecule has 0 atom stereocenters. The van der Waals surface area contributed by atoms with Crippen molar-refractivity contribution in [3.8, 4) is 11.8 Å². The number of aryl methyl sites for hydroxylation is 1. The van der Waals surface area contributed by atoms with E-state index in [1.165, 1.54) is 35.2 Å². The highest BCUT2D eigenvalue weighted by Gasteiger charge is 2.23. The van der Waals surface area contributed by atoms with Crippen LogP contribution in [0.25, 0.3) is 0 Å². The lowest BCUT2D eigenvalue weighted by molar-refractivity contribution is 0.350. The number of thiophene rings is 1. The number of aromatic nitrogens is 2. The van der Waals surface area contributed by atoms with Crippen LogP contribution in [0, 0.1) is 11.8 Å². The Morgan fingerprint density at radius 3 is 2.90 bits per heavy atom. The van der Waals surface area contributed by atoms with Gasteiger partial charge in [0.2, 0.25) is 0 Å². The lowest BCUT2D eigenvalue weighted by Crippen LogP contribution is -2.26. The SMILES string of the molecule is CN(Cc1csc(C#CCO)c1)S(=O)(=O)c1cn(C)cn1.